The summed E-state index contributed by atoms with van der Waals surface area (Å²) in [5.74, 6) is 0.417. The zero-order valence-electron chi connectivity index (χ0n) is 45.9. The first-order chi connectivity index (χ1) is 37.7. The standard InChI is InChI=1S/C58H72N11O9P/c1-8-51(71)62-45-28-38(61-52-54(77-7)60-31-46(63-52)41-16-20-59-53(44(41)34-70)68-25-24-67-49(56(68)73)27-37-29-57(4,5)30-50(37)67)12-13-48(45)66-23-22-64(32-36(66)3)40-17-21-65(35(2)26-40)47-11-9-10-42-43(47)33-69(55(42)72)39-14-18-58(6,19-15-39)78-79(74,75)76/h8-13,16,20,27-28,31,35-36,39-40,70H,1,14-15,17-19,21-26,29-30,32-34H2,2-7H3,(H,61,63)(H,62,71)(H2,74,75,76)/t35-,36-,39?,40?,58?/m0/s1. The highest BCUT2D eigenvalue weighted by molar-refractivity contribution is 7.46. The number of piperazine rings is 1. The molecule has 1 unspecified atom stereocenters. The zero-order valence-corrected chi connectivity index (χ0v) is 46.8. The first-order valence-corrected chi connectivity index (χ1v) is 29.1. The largest absolute Gasteiger partial charge is 0.478 e. The molecule has 1 saturated carbocycles. The number of benzene rings is 2. The fourth-order valence-corrected chi connectivity index (χ4v) is 14.3. The van der Waals surface area contributed by atoms with E-state index in [2.05, 4.69) is 80.2 Å². The number of piperidine rings is 1. The van der Waals surface area contributed by atoms with Crippen molar-refractivity contribution in [1.29, 1.82) is 0 Å². The molecule has 3 atom stereocenters. The summed E-state index contributed by atoms with van der Waals surface area (Å²) in [4.78, 5) is 85.2. The molecule has 0 spiro atoms. The average molecular weight is 1100 g/mol. The molecule has 2 aliphatic carbocycles. The van der Waals surface area contributed by atoms with Gasteiger partial charge in [-0.1, -0.05) is 26.5 Å². The number of anilines is 6. The van der Waals surface area contributed by atoms with Gasteiger partial charge in [0.2, 0.25) is 5.91 Å². The number of fused-ring (bicyclic) bond motifs is 4. The second-order valence-electron chi connectivity index (χ2n) is 23.4. The number of methoxy groups -OCH3 is 1. The van der Waals surface area contributed by atoms with Crippen LogP contribution in [0, 0.1) is 5.41 Å². The Kier molecular flexibility index (Phi) is 14.5. The molecule has 5 aromatic rings. The second-order valence-corrected chi connectivity index (χ2v) is 24.5. The molecule has 2 saturated heterocycles. The monoisotopic (exact) mass is 1100 g/mol. The van der Waals surface area contributed by atoms with Crippen LogP contribution in [-0.2, 0) is 46.4 Å². The third kappa shape index (κ3) is 10.5. The van der Waals surface area contributed by atoms with Gasteiger partial charge in [0.1, 0.15) is 11.5 Å². The van der Waals surface area contributed by atoms with E-state index in [-0.39, 0.29) is 47.1 Å². The van der Waals surface area contributed by atoms with Crippen molar-refractivity contribution in [2.75, 3.05) is 65.2 Å². The molecular weight excluding hydrogens is 1030 g/mol. The number of ether oxygens (including phenoxy) is 1. The Morgan fingerprint density at radius 3 is 2.39 bits per heavy atom. The van der Waals surface area contributed by atoms with Crippen LogP contribution in [0.4, 0.5) is 34.4 Å². The van der Waals surface area contributed by atoms with Gasteiger partial charge in [0, 0.05) is 116 Å². The van der Waals surface area contributed by atoms with Crippen LogP contribution in [0.2, 0.25) is 0 Å². The van der Waals surface area contributed by atoms with Gasteiger partial charge in [0.15, 0.2) is 5.82 Å². The zero-order chi connectivity index (χ0) is 55.7. The Morgan fingerprint density at radius 2 is 1.67 bits per heavy atom. The molecule has 5 N–H and O–H groups in total. The molecule has 3 amide bonds. The molecule has 20 nitrogen and oxygen atoms in total. The van der Waals surface area contributed by atoms with Crippen molar-refractivity contribution in [2.24, 2.45) is 5.41 Å². The van der Waals surface area contributed by atoms with Crippen LogP contribution in [0.3, 0.4) is 0 Å². The fraction of sp³-hybridized carbons (Fsp3) is 0.483. The van der Waals surface area contributed by atoms with Crippen LogP contribution < -0.4 is 30.1 Å². The van der Waals surface area contributed by atoms with Gasteiger partial charge in [-0.2, -0.15) is 0 Å². The van der Waals surface area contributed by atoms with Crippen molar-refractivity contribution in [3.63, 3.8) is 0 Å². The predicted molar refractivity (Wildman–Crippen MR) is 302 cm³/mol. The molecule has 11 rings (SSSR count). The Labute approximate surface area is 461 Å². The van der Waals surface area contributed by atoms with E-state index in [1.165, 1.54) is 24.4 Å². The molecule has 79 heavy (non-hydrogen) atoms. The third-order valence-electron chi connectivity index (χ3n) is 17.4. The van der Waals surface area contributed by atoms with Crippen molar-refractivity contribution in [3.05, 3.63) is 107 Å². The van der Waals surface area contributed by atoms with Gasteiger partial charge < -0.3 is 49.5 Å². The Balaban J connectivity index is 0.759. The van der Waals surface area contributed by atoms with Crippen LogP contribution in [0.15, 0.2) is 73.6 Å². The number of aromatic nitrogens is 4. The highest BCUT2D eigenvalue weighted by Gasteiger charge is 2.44. The summed E-state index contributed by atoms with van der Waals surface area (Å²) in [6.07, 6.45) is 10.3. The van der Waals surface area contributed by atoms with Crippen LogP contribution in [-0.4, -0.2) is 132 Å². The fourth-order valence-electron chi connectivity index (χ4n) is 13.6. The maximum atomic E-state index is 14.1. The molecule has 6 aliphatic rings. The minimum atomic E-state index is -4.63. The predicted octanol–water partition coefficient (Wildman–Crippen LogP) is 7.83. The summed E-state index contributed by atoms with van der Waals surface area (Å²) in [7, 11) is -3.12. The lowest BCUT2D eigenvalue weighted by Gasteiger charge is -2.48. The molecule has 3 fully saturated rings. The number of phosphoric ester groups is 1. The van der Waals surface area contributed by atoms with E-state index in [1.807, 2.05) is 41.3 Å². The first kappa shape index (κ1) is 54.3. The number of pyridine rings is 1. The van der Waals surface area contributed by atoms with Gasteiger partial charge in [-0.05, 0) is 132 Å². The lowest BCUT2D eigenvalue weighted by atomic mass is 9.83. The smallest absolute Gasteiger partial charge is 0.470 e. The average Bonchev–Trinajstić information content (AvgIpc) is 4.29. The van der Waals surface area contributed by atoms with E-state index in [0.29, 0.717) is 96.9 Å². The van der Waals surface area contributed by atoms with Crippen LogP contribution in [0.5, 0.6) is 5.88 Å². The van der Waals surface area contributed by atoms with E-state index < -0.39 is 20.0 Å². The molecule has 0 bridgehead atoms. The molecule has 3 aromatic heterocycles. The van der Waals surface area contributed by atoms with Crippen molar-refractivity contribution in [2.45, 2.75) is 135 Å². The number of rotatable bonds is 14. The highest BCUT2D eigenvalue weighted by atomic mass is 31.2. The summed E-state index contributed by atoms with van der Waals surface area (Å²) in [5.41, 5.74) is 8.74. The number of aliphatic hydroxyl groups excluding tert-OH is 1. The molecule has 0 radical (unpaired) electrons. The van der Waals surface area contributed by atoms with E-state index in [4.69, 9.17) is 14.2 Å². The van der Waals surface area contributed by atoms with E-state index in [0.717, 1.165) is 74.4 Å². The molecule has 4 aliphatic heterocycles. The maximum Gasteiger partial charge on any atom is 0.470 e. The molecule has 7 heterocycles. The molecule has 21 heteroatoms. The normalized spacial score (nSPS) is 24.1. The van der Waals surface area contributed by atoms with Crippen LogP contribution in [0.1, 0.15) is 116 Å². The van der Waals surface area contributed by atoms with E-state index in [1.54, 1.807) is 30.3 Å². The van der Waals surface area contributed by atoms with Gasteiger partial charge in [-0.15, -0.1) is 0 Å². The van der Waals surface area contributed by atoms with Crippen molar-refractivity contribution >= 4 is 59.9 Å². The highest BCUT2D eigenvalue weighted by Crippen LogP contribution is 2.48. The van der Waals surface area contributed by atoms with Crippen LogP contribution in [0.25, 0.3) is 11.3 Å². The SMILES string of the molecule is C=CC(=O)Nc1cc(Nc2nc(-c3ccnc(N4CCn5c(cc6c5CC(C)(C)C6)C4=O)c3CO)cnc2OC)ccc1N1CCN(C2CCN(c3cccc4c3CN(C3CCC(C)(OP(=O)(O)O)CC3)C4=O)[C@@H](C)C2)C[C@@H]1C. The number of hydrogen-bond donors (Lipinski definition) is 5. The molecular formula is C58H72N11O9P. The Morgan fingerprint density at radius 1 is 0.886 bits per heavy atom. The minimum absolute atomic E-state index is 0.0133. The van der Waals surface area contributed by atoms with Crippen molar-refractivity contribution < 1.29 is 43.1 Å². The summed E-state index contributed by atoms with van der Waals surface area (Å²) in [6, 6.07) is 16.3. The second kappa shape index (κ2) is 21.1. The van der Waals surface area contributed by atoms with E-state index >= 15 is 0 Å². The van der Waals surface area contributed by atoms with Gasteiger partial charge in [-0.3, -0.25) is 28.7 Å². The Hall–Kier alpha value is -6.67. The number of carbonyl (C=O) groups excluding carboxylic acids is 3. The number of carbonyl (C=O) groups is 3. The van der Waals surface area contributed by atoms with Gasteiger partial charge >= 0.3 is 7.82 Å². The number of nitrogens with one attached hydrogen (secondary N) is 2. The molecule has 2 aromatic carbocycles. The summed E-state index contributed by atoms with van der Waals surface area (Å²) in [5, 5.41) is 17.3. The lowest BCUT2D eigenvalue weighted by molar-refractivity contribution is -0.111. The number of nitrogens with zero attached hydrogens (tertiary/aromatic N) is 9. The number of phosphoric acid groups is 1. The van der Waals surface area contributed by atoms with Gasteiger partial charge in [0.05, 0.1) is 42.6 Å². The first-order valence-electron chi connectivity index (χ1n) is 27.6. The lowest BCUT2D eigenvalue weighted by Crippen LogP contribution is -2.58. The van der Waals surface area contributed by atoms with Gasteiger partial charge in [0.25, 0.3) is 17.7 Å². The van der Waals surface area contributed by atoms with Crippen molar-refractivity contribution in [1.82, 2.24) is 29.3 Å². The molecule has 418 valence electrons. The summed E-state index contributed by atoms with van der Waals surface area (Å²) < 4.78 is 24.7. The van der Waals surface area contributed by atoms with E-state index in [9.17, 15) is 33.8 Å². The number of aliphatic hydroxyl groups is 1. The Bertz CT molecular complexity index is 3280. The topological polar surface area (TPSA) is 231 Å². The minimum Gasteiger partial charge on any atom is -0.478 e. The summed E-state index contributed by atoms with van der Waals surface area (Å²) in [6.45, 7) is 18.8. The third-order valence-corrected chi connectivity index (χ3v) is 18.1. The quantitative estimate of drug-likeness (QED) is 0.0527. The van der Waals surface area contributed by atoms with Crippen molar-refractivity contribution in [3.8, 4) is 17.1 Å². The van der Waals surface area contributed by atoms with Gasteiger partial charge in [-0.25, -0.2) is 19.5 Å². The maximum absolute atomic E-state index is 14.1. The summed E-state index contributed by atoms with van der Waals surface area (Å²) >= 11 is 0. The number of amides is 3. The van der Waals surface area contributed by atoms with Crippen LogP contribution >= 0.6 is 7.82 Å². The number of hydrogen-bond acceptors (Lipinski definition) is 14.